The molecule has 0 saturated heterocycles. The first kappa shape index (κ1) is 36.2. The fraction of sp³-hybridized carbons (Fsp3) is 0.719. The first-order chi connectivity index (χ1) is 18.4. The third kappa shape index (κ3) is 10.8. The van der Waals surface area contributed by atoms with Crippen molar-refractivity contribution >= 4 is 14.4 Å². The molecule has 0 heterocycles. The fourth-order valence-corrected chi connectivity index (χ4v) is 6.01. The monoisotopic (exact) mass is 579 g/mol. The average molecular weight is 580 g/mol. The summed E-state index contributed by atoms with van der Waals surface area (Å²) in [5, 5.41) is 11.4. The largest absolute Gasteiger partial charge is 0.497 e. The van der Waals surface area contributed by atoms with E-state index >= 15 is 0 Å². The van der Waals surface area contributed by atoms with Crippen LogP contribution in [0, 0.1) is 17.8 Å². The highest BCUT2D eigenvalue weighted by atomic mass is 28.4. The van der Waals surface area contributed by atoms with Crippen molar-refractivity contribution in [2.75, 3.05) is 13.7 Å². The molecule has 0 saturated carbocycles. The van der Waals surface area contributed by atoms with Gasteiger partial charge in [0.25, 0.3) is 0 Å². The van der Waals surface area contributed by atoms with Gasteiger partial charge in [-0.3, -0.25) is 0 Å². The second-order valence-corrected chi connectivity index (χ2v) is 18.0. The minimum atomic E-state index is -2.14. The second kappa shape index (κ2) is 15.9. The number of nitrogens with zero attached hydrogens (tertiary/aromatic N) is 1. The Morgan fingerprint density at radius 3 is 2.02 bits per heavy atom. The molecule has 7 nitrogen and oxygen atoms in total. The first-order valence-electron chi connectivity index (χ1n) is 14.6. The normalized spacial score (nSPS) is 16.6. The average Bonchev–Trinajstić information content (AvgIpc) is 2.85. The molecule has 5 atom stereocenters. The van der Waals surface area contributed by atoms with E-state index in [9.17, 15) is 9.90 Å². The Morgan fingerprint density at radius 1 is 1.00 bits per heavy atom. The number of rotatable bonds is 15. The van der Waals surface area contributed by atoms with Crippen LogP contribution in [0.3, 0.4) is 0 Å². The molecule has 1 amide bonds. The van der Waals surface area contributed by atoms with Gasteiger partial charge in [0.2, 0.25) is 0 Å². The van der Waals surface area contributed by atoms with Gasteiger partial charge in [0.05, 0.1) is 38.8 Å². The Labute approximate surface area is 245 Å². The quantitative estimate of drug-likeness (QED) is 0.170. The zero-order valence-corrected chi connectivity index (χ0v) is 28.4. The van der Waals surface area contributed by atoms with Gasteiger partial charge in [0.15, 0.2) is 8.32 Å². The molecule has 0 fully saturated rings. The molecule has 1 aromatic rings. The summed E-state index contributed by atoms with van der Waals surface area (Å²) < 4.78 is 23.7. The van der Waals surface area contributed by atoms with Gasteiger partial charge in [-0.2, -0.15) is 0 Å². The molecular formula is C32H57NO6Si. The third-order valence-electron chi connectivity index (χ3n) is 8.08. The van der Waals surface area contributed by atoms with Gasteiger partial charge in [0, 0.05) is 29.8 Å². The van der Waals surface area contributed by atoms with E-state index in [1.54, 1.807) is 18.1 Å². The van der Waals surface area contributed by atoms with Crippen LogP contribution in [0.1, 0.15) is 74.8 Å². The van der Waals surface area contributed by atoms with E-state index < -0.39 is 20.5 Å². The number of carbonyl (C=O) groups is 1. The van der Waals surface area contributed by atoms with Crippen molar-refractivity contribution in [3.05, 3.63) is 42.2 Å². The van der Waals surface area contributed by atoms with Crippen LogP contribution in [0.4, 0.5) is 4.79 Å². The van der Waals surface area contributed by atoms with Crippen LogP contribution in [0.25, 0.3) is 0 Å². The van der Waals surface area contributed by atoms with Crippen LogP contribution >= 0.6 is 0 Å². The molecule has 0 spiro atoms. The number of benzene rings is 1. The molecule has 0 bridgehead atoms. The van der Waals surface area contributed by atoms with Crippen molar-refractivity contribution in [2.45, 2.75) is 118 Å². The van der Waals surface area contributed by atoms with Crippen molar-refractivity contribution < 1.29 is 28.5 Å². The topological polar surface area (TPSA) is 77.5 Å². The Bertz CT molecular complexity index is 901. The van der Waals surface area contributed by atoms with Crippen LogP contribution in [-0.4, -0.2) is 62.4 Å². The summed E-state index contributed by atoms with van der Waals surface area (Å²) >= 11 is 0. The lowest BCUT2D eigenvalue weighted by Crippen LogP contribution is -2.50. The highest BCUT2D eigenvalue weighted by Gasteiger charge is 2.43. The Morgan fingerprint density at radius 2 is 1.55 bits per heavy atom. The van der Waals surface area contributed by atoms with Crippen molar-refractivity contribution in [1.82, 2.24) is 4.90 Å². The molecule has 40 heavy (non-hydrogen) atoms. The minimum absolute atomic E-state index is 0.0258. The molecule has 1 rings (SSSR count). The zero-order valence-electron chi connectivity index (χ0n) is 27.4. The number of hydrogen-bond donors (Lipinski definition) is 1. The van der Waals surface area contributed by atoms with Gasteiger partial charge in [-0.15, -0.1) is 0 Å². The van der Waals surface area contributed by atoms with Gasteiger partial charge in [-0.1, -0.05) is 53.7 Å². The summed E-state index contributed by atoms with van der Waals surface area (Å²) in [6.07, 6.45) is 1.87. The van der Waals surface area contributed by atoms with Gasteiger partial charge in [-0.25, -0.2) is 4.79 Å². The molecule has 230 valence electrons. The summed E-state index contributed by atoms with van der Waals surface area (Å²) in [7, 11) is -0.481. The van der Waals surface area contributed by atoms with Crippen molar-refractivity contribution in [2.24, 2.45) is 17.8 Å². The highest BCUT2D eigenvalue weighted by Crippen LogP contribution is 2.40. The molecule has 0 radical (unpaired) electrons. The molecule has 0 aliphatic carbocycles. The number of hydrogen-bond acceptors (Lipinski definition) is 6. The lowest BCUT2D eigenvalue weighted by molar-refractivity contribution is -0.0373. The maximum Gasteiger partial charge on any atom is 0.415 e. The summed E-state index contributed by atoms with van der Waals surface area (Å²) in [5.74, 6) is 0.453. The van der Waals surface area contributed by atoms with E-state index in [2.05, 4.69) is 40.8 Å². The lowest BCUT2D eigenvalue weighted by atomic mass is 9.84. The second-order valence-electron chi connectivity index (χ2n) is 13.2. The van der Waals surface area contributed by atoms with E-state index in [1.807, 2.05) is 65.8 Å². The van der Waals surface area contributed by atoms with Crippen LogP contribution in [0.2, 0.25) is 18.1 Å². The predicted octanol–water partition coefficient (Wildman–Crippen LogP) is 7.64. The molecular weight excluding hydrogens is 522 g/mol. The number of aliphatic hydroxyl groups is 1. The van der Waals surface area contributed by atoms with E-state index in [0.29, 0.717) is 13.2 Å². The van der Waals surface area contributed by atoms with Crippen molar-refractivity contribution in [1.29, 1.82) is 0 Å². The molecule has 0 unspecified atom stereocenters. The standard InChI is InChI=1S/C32H57NO6Si/c1-22(2)33(23(3)4)31(35)38-19-18-24(5)29(34)26(7)30(39-40(12,13)32(8,9)10)25(6)20-37-21-27-14-16-28(36-11)17-15-27/h14-19,22-26,29-30,34H,20-21H2,1-13H3/b19-18-/t24-,25-,26+,29-,30+/m0/s1. The number of aliphatic hydroxyl groups excluding tert-OH is 1. The van der Waals surface area contributed by atoms with Crippen molar-refractivity contribution in [3.63, 3.8) is 0 Å². The summed E-state index contributed by atoms with van der Waals surface area (Å²) in [6, 6.07) is 7.93. The molecule has 0 aliphatic heterocycles. The maximum absolute atomic E-state index is 12.5. The van der Waals surface area contributed by atoms with E-state index in [-0.39, 0.29) is 41.0 Å². The van der Waals surface area contributed by atoms with Crippen LogP contribution in [0.5, 0.6) is 5.75 Å². The van der Waals surface area contributed by atoms with Gasteiger partial charge in [-0.05, 0) is 69.6 Å². The highest BCUT2D eigenvalue weighted by molar-refractivity contribution is 6.74. The Hall–Kier alpha value is -1.87. The SMILES string of the molecule is COc1ccc(COC[C@H](C)[C@@H](O[Si](C)(C)C(C)(C)C)[C@H](C)[C@@H](O)[C@@H](C)/C=C\OC(=O)N(C(C)C)C(C)C)cc1. The summed E-state index contributed by atoms with van der Waals surface area (Å²) in [6.45, 7) is 26.1. The van der Waals surface area contributed by atoms with Crippen molar-refractivity contribution in [3.8, 4) is 5.75 Å². The molecule has 0 aliphatic rings. The number of methoxy groups -OCH3 is 1. The molecule has 1 aromatic carbocycles. The van der Waals surface area contributed by atoms with E-state index in [1.165, 1.54) is 6.26 Å². The summed E-state index contributed by atoms with van der Waals surface area (Å²) in [5.41, 5.74) is 1.07. The molecule has 0 aromatic heterocycles. The van der Waals surface area contributed by atoms with Crippen LogP contribution in [-0.2, 0) is 20.5 Å². The Kier molecular flexibility index (Phi) is 14.4. The predicted molar refractivity (Wildman–Crippen MR) is 166 cm³/mol. The Balaban J connectivity index is 2.97. The van der Waals surface area contributed by atoms with Gasteiger partial charge >= 0.3 is 6.09 Å². The van der Waals surface area contributed by atoms with Gasteiger partial charge in [0.1, 0.15) is 5.75 Å². The van der Waals surface area contributed by atoms with E-state index in [0.717, 1.165) is 11.3 Å². The zero-order chi connectivity index (χ0) is 30.8. The van der Waals surface area contributed by atoms with Crippen LogP contribution < -0.4 is 4.74 Å². The van der Waals surface area contributed by atoms with E-state index in [4.69, 9.17) is 18.6 Å². The van der Waals surface area contributed by atoms with Gasteiger partial charge < -0.3 is 28.6 Å². The number of carbonyl (C=O) groups excluding carboxylic acids is 1. The maximum atomic E-state index is 12.5. The fourth-order valence-electron chi connectivity index (χ4n) is 4.53. The number of ether oxygens (including phenoxy) is 3. The smallest absolute Gasteiger partial charge is 0.415 e. The molecule has 1 N–H and O–H groups in total. The number of amides is 1. The summed E-state index contributed by atoms with van der Waals surface area (Å²) in [4.78, 5) is 14.2. The third-order valence-corrected chi connectivity index (χ3v) is 12.6. The lowest BCUT2D eigenvalue weighted by Gasteiger charge is -2.44. The molecule has 8 heteroatoms. The minimum Gasteiger partial charge on any atom is -0.497 e. The first-order valence-corrected chi connectivity index (χ1v) is 17.6. The van der Waals surface area contributed by atoms with Crippen LogP contribution in [0.15, 0.2) is 36.6 Å².